The molecule has 1 aromatic carbocycles. The van der Waals surface area contributed by atoms with Crippen molar-refractivity contribution in [1.82, 2.24) is 9.29 Å². The number of nitrogens with zero attached hydrogens (tertiary/aromatic N) is 2. The van der Waals surface area contributed by atoms with Gasteiger partial charge in [-0.25, -0.2) is 12.9 Å². The summed E-state index contributed by atoms with van der Waals surface area (Å²) in [5, 5.41) is 12.7. The number of benzene rings is 1. The number of halogens is 1. The van der Waals surface area contributed by atoms with Crippen molar-refractivity contribution in [1.29, 1.82) is 0 Å². The standard InChI is InChI=1S/C20H28FNO2S.C6H8N2.CH5N/c1-5-6-10-18(17(3)23)11-7-9-16(2)15-22(4)25(24)20-13-8-12-19(21)14-20;1-7-6-2-4-8-5-3-6;1-2/h5-8,10-14,16-18,23H,1,9,15H2,2-4H3;2-5H,1H3,(H,7,8);2H2,1H3/b10-6?,11-7-;;. The van der Waals surface area contributed by atoms with E-state index in [0.717, 1.165) is 12.1 Å². The lowest BCUT2D eigenvalue weighted by Gasteiger charge is -2.20. The van der Waals surface area contributed by atoms with Gasteiger partial charge in [0.2, 0.25) is 0 Å². The summed E-state index contributed by atoms with van der Waals surface area (Å²) in [6.45, 7) is 8.07. The maximum Gasteiger partial charge on any atom is 0.127 e. The number of hydrogen-bond acceptors (Lipinski definition) is 5. The van der Waals surface area contributed by atoms with Crippen LogP contribution in [0.3, 0.4) is 0 Å². The van der Waals surface area contributed by atoms with E-state index in [1.165, 1.54) is 19.2 Å². The topological polar surface area (TPSA) is 91.5 Å². The van der Waals surface area contributed by atoms with Crippen molar-refractivity contribution < 1.29 is 13.7 Å². The molecule has 6 nitrogen and oxygen atoms in total. The molecular weight excluding hydrogens is 463 g/mol. The average Bonchev–Trinajstić information content (AvgIpc) is 2.87. The summed E-state index contributed by atoms with van der Waals surface area (Å²) in [5.74, 6) is -0.159. The second-order valence-electron chi connectivity index (χ2n) is 7.71. The third kappa shape index (κ3) is 14.4. The molecule has 0 fully saturated rings. The Labute approximate surface area is 213 Å². The molecule has 4 atom stereocenters. The summed E-state index contributed by atoms with van der Waals surface area (Å²) in [5.41, 5.74) is 5.60. The summed E-state index contributed by atoms with van der Waals surface area (Å²) in [7, 11) is 3.78. The minimum absolute atomic E-state index is 0.0515. The molecule has 0 spiro atoms. The summed E-state index contributed by atoms with van der Waals surface area (Å²) < 4.78 is 27.4. The Bertz CT molecular complexity index is 907. The van der Waals surface area contributed by atoms with Crippen LogP contribution in [-0.4, -0.2) is 52.4 Å². The van der Waals surface area contributed by atoms with E-state index >= 15 is 0 Å². The van der Waals surface area contributed by atoms with Crippen LogP contribution in [0.1, 0.15) is 20.3 Å². The number of pyridine rings is 1. The zero-order valence-electron chi connectivity index (χ0n) is 21.5. The van der Waals surface area contributed by atoms with Crippen LogP contribution in [0.5, 0.6) is 0 Å². The second kappa shape index (κ2) is 19.6. The zero-order chi connectivity index (χ0) is 26.6. The molecule has 0 saturated carbocycles. The predicted molar refractivity (Wildman–Crippen MR) is 147 cm³/mol. The lowest BCUT2D eigenvalue weighted by molar-refractivity contribution is 0.168. The summed E-state index contributed by atoms with van der Waals surface area (Å²) in [6, 6.07) is 9.71. The Kier molecular flexibility index (Phi) is 18.1. The van der Waals surface area contributed by atoms with Crippen LogP contribution < -0.4 is 11.1 Å². The maximum absolute atomic E-state index is 13.3. The third-order valence-electron chi connectivity index (χ3n) is 4.74. The van der Waals surface area contributed by atoms with Crippen molar-refractivity contribution >= 4 is 16.7 Å². The second-order valence-corrected chi connectivity index (χ2v) is 9.30. The van der Waals surface area contributed by atoms with Gasteiger partial charge in [0.1, 0.15) is 16.8 Å². The van der Waals surface area contributed by atoms with Crippen LogP contribution in [0.15, 0.2) is 90.6 Å². The third-order valence-corrected chi connectivity index (χ3v) is 6.11. The molecule has 0 aliphatic heterocycles. The quantitative estimate of drug-likeness (QED) is 0.302. The van der Waals surface area contributed by atoms with Crippen molar-refractivity contribution in [2.24, 2.45) is 17.6 Å². The van der Waals surface area contributed by atoms with E-state index < -0.39 is 17.1 Å². The Balaban J connectivity index is 0.000000961. The molecule has 4 N–H and O–H groups in total. The molecule has 35 heavy (non-hydrogen) atoms. The SMILES string of the molecule is C=CC=CC(/C=C\CC(C)CN(C)S(=O)c1cccc(F)c1)C(C)O.CN.CNc1ccncc1. The van der Waals surface area contributed by atoms with Gasteiger partial charge in [-0.3, -0.25) is 4.98 Å². The molecule has 0 amide bonds. The summed E-state index contributed by atoms with van der Waals surface area (Å²) >= 11 is 0. The monoisotopic (exact) mass is 504 g/mol. The van der Waals surface area contributed by atoms with Crippen molar-refractivity contribution in [3.63, 3.8) is 0 Å². The van der Waals surface area contributed by atoms with E-state index in [-0.39, 0.29) is 17.7 Å². The fraction of sp³-hybridized carbons (Fsp3) is 0.370. The molecule has 0 radical (unpaired) electrons. The van der Waals surface area contributed by atoms with Crippen LogP contribution in [0, 0.1) is 17.7 Å². The number of allylic oxidation sites excluding steroid dienone is 3. The number of nitrogens with one attached hydrogen (secondary N) is 1. The highest BCUT2D eigenvalue weighted by Gasteiger charge is 2.14. The van der Waals surface area contributed by atoms with Crippen molar-refractivity contribution in [3.8, 4) is 0 Å². The van der Waals surface area contributed by atoms with Gasteiger partial charge in [-0.1, -0.05) is 49.9 Å². The van der Waals surface area contributed by atoms with Crippen LogP contribution in [-0.2, 0) is 11.0 Å². The molecule has 2 aromatic rings. The highest BCUT2D eigenvalue weighted by Crippen LogP contribution is 2.15. The van der Waals surface area contributed by atoms with Gasteiger partial charge in [0.25, 0.3) is 0 Å². The van der Waals surface area contributed by atoms with Gasteiger partial charge in [-0.15, -0.1) is 0 Å². The molecule has 8 heteroatoms. The summed E-state index contributed by atoms with van der Waals surface area (Å²) in [4.78, 5) is 4.32. The minimum atomic E-state index is -1.38. The minimum Gasteiger partial charge on any atom is -0.392 e. The molecule has 1 aromatic heterocycles. The first-order valence-electron chi connectivity index (χ1n) is 11.5. The number of aliphatic hydroxyl groups excluding tert-OH is 1. The lowest BCUT2D eigenvalue weighted by Crippen LogP contribution is -2.26. The van der Waals surface area contributed by atoms with Gasteiger partial charge < -0.3 is 16.2 Å². The molecule has 4 unspecified atom stereocenters. The van der Waals surface area contributed by atoms with E-state index in [1.807, 2.05) is 43.5 Å². The van der Waals surface area contributed by atoms with Crippen LogP contribution in [0.4, 0.5) is 10.1 Å². The van der Waals surface area contributed by atoms with Crippen molar-refractivity contribution in [2.75, 3.05) is 33.0 Å². The number of hydrogen-bond donors (Lipinski definition) is 3. The molecule has 1 heterocycles. The van der Waals surface area contributed by atoms with E-state index in [4.69, 9.17) is 0 Å². The van der Waals surface area contributed by atoms with E-state index in [0.29, 0.717) is 11.4 Å². The molecule has 0 aliphatic rings. The highest BCUT2D eigenvalue weighted by atomic mass is 32.2. The Morgan fingerprint density at radius 1 is 1.23 bits per heavy atom. The van der Waals surface area contributed by atoms with Crippen molar-refractivity contribution in [3.05, 3.63) is 91.6 Å². The van der Waals surface area contributed by atoms with Crippen molar-refractivity contribution in [2.45, 2.75) is 31.3 Å². The largest absolute Gasteiger partial charge is 0.392 e. The van der Waals surface area contributed by atoms with E-state index in [1.54, 1.807) is 48.9 Å². The fourth-order valence-corrected chi connectivity index (χ4v) is 4.07. The molecule has 0 bridgehead atoms. The lowest BCUT2D eigenvalue weighted by atomic mass is 10.00. The molecule has 194 valence electrons. The zero-order valence-corrected chi connectivity index (χ0v) is 22.3. The van der Waals surface area contributed by atoms with Gasteiger partial charge in [-0.05, 0) is 56.6 Å². The van der Waals surface area contributed by atoms with Crippen LogP contribution in [0.25, 0.3) is 0 Å². The first-order chi connectivity index (χ1) is 16.8. The Hall–Kier alpha value is -2.65. The highest BCUT2D eigenvalue weighted by molar-refractivity contribution is 7.82. The Morgan fingerprint density at radius 3 is 2.40 bits per heavy atom. The van der Waals surface area contributed by atoms with Gasteiger partial charge in [0.05, 0.1) is 11.0 Å². The smallest absolute Gasteiger partial charge is 0.127 e. The van der Waals surface area contributed by atoms with Gasteiger partial charge >= 0.3 is 0 Å². The molecular formula is C27H41FN4O2S. The van der Waals surface area contributed by atoms with Crippen LogP contribution in [0.2, 0.25) is 0 Å². The van der Waals surface area contributed by atoms with Gasteiger partial charge in [0, 0.05) is 44.6 Å². The molecule has 2 rings (SSSR count). The maximum atomic E-state index is 13.3. The number of rotatable bonds is 11. The van der Waals surface area contributed by atoms with Crippen LogP contribution >= 0.6 is 0 Å². The van der Waals surface area contributed by atoms with Gasteiger partial charge in [0.15, 0.2) is 0 Å². The van der Waals surface area contributed by atoms with Gasteiger partial charge in [-0.2, -0.15) is 0 Å². The first kappa shape index (κ1) is 32.4. The number of nitrogens with two attached hydrogens (primary N) is 1. The Morgan fingerprint density at radius 2 is 1.89 bits per heavy atom. The first-order valence-corrected chi connectivity index (χ1v) is 12.6. The normalized spacial score (nSPS) is 14.3. The predicted octanol–water partition coefficient (Wildman–Crippen LogP) is 4.80. The van der Waals surface area contributed by atoms with E-state index in [9.17, 15) is 13.7 Å². The fourth-order valence-electron chi connectivity index (χ4n) is 2.92. The van der Waals surface area contributed by atoms with E-state index in [2.05, 4.69) is 29.5 Å². The molecule has 0 saturated heterocycles. The average molecular weight is 505 g/mol. The molecule has 0 aliphatic carbocycles. The summed E-state index contributed by atoms with van der Waals surface area (Å²) in [6.07, 6.45) is 13.3. The number of aliphatic hydroxyl groups is 1. The number of aromatic nitrogens is 1. The number of anilines is 1.